The second-order valence-electron chi connectivity index (χ2n) is 5.08. The molecule has 4 nitrogen and oxygen atoms in total. The normalized spacial score (nSPS) is 13.6. The van der Waals surface area contributed by atoms with Gasteiger partial charge in [-0.3, -0.25) is 0 Å². The first kappa shape index (κ1) is 16.5. The predicted molar refractivity (Wildman–Crippen MR) is 81.7 cm³/mol. The molecule has 0 bridgehead atoms. The zero-order valence-corrected chi connectivity index (χ0v) is 12.4. The minimum atomic E-state index is -0.194. The van der Waals surface area contributed by atoms with E-state index in [1.54, 1.807) is 0 Å². The van der Waals surface area contributed by atoms with Gasteiger partial charge in [-0.2, -0.15) is 0 Å². The summed E-state index contributed by atoms with van der Waals surface area (Å²) in [7, 11) is 0. The van der Waals surface area contributed by atoms with Gasteiger partial charge in [-0.1, -0.05) is 50.6 Å². The van der Waals surface area contributed by atoms with Crippen molar-refractivity contribution in [2.75, 3.05) is 6.61 Å². The number of nitrogens with one attached hydrogen (secondary N) is 2. The fourth-order valence-corrected chi connectivity index (χ4v) is 2.16. The molecule has 2 atom stereocenters. The second kappa shape index (κ2) is 9.37. The van der Waals surface area contributed by atoms with Crippen LogP contribution in [0.4, 0.5) is 4.79 Å². The molecule has 2 unspecified atom stereocenters. The van der Waals surface area contributed by atoms with Gasteiger partial charge in [0, 0.05) is 6.04 Å². The maximum atomic E-state index is 11.9. The lowest BCUT2D eigenvalue weighted by atomic mass is 10.0. The first-order valence-corrected chi connectivity index (χ1v) is 7.41. The van der Waals surface area contributed by atoms with Crippen molar-refractivity contribution in [3.63, 3.8) is 0 Å². The molecule has 4 heteroatoms. The van der Waals surface area contributed by atoms with Crippen LogP contribution in [0.2, 0.25) is 0 Å². The molecule has 112 valence electrons. The van der Waals surface area contributed by atoms with Gasteiger partial charge in [-0.05, 0) is 24.8 Å². The fraction of sp³-hybridized carbons (Fsp3) is 0.562. The van der Waals surface area contributed by atoms with E-state index in [1.165, 1.54) is 5.56 Å². The maximum Gasteiger partial charge on any atom is 0.315 e. The molecule has 0 aromatic heterocycles. The second-order valence-corrected chi connectivity index (χ2v) is 5.08. The average Bonchev–Trinajstić information content (AvgIpc) is 2.46. The van der Waals surface area contributed by atoms with Crippen molar-refractivity contribution in [2.45, 2.75) is 51.6 Å². The van der Waals surface area contributed by atoms with E-state index in [0.717, 1.165) is 25.7 Å². The molecule has 1 aromatic carbocycles. The summed E-state index contributed by atoms with van der Waals surface area (Å²) in [6, 6.07) is 9.92. The van der Waals surface area contributed by atoms with Crippen LogP contribution < -0.4 is 10.6 Å². The third-order valence-corrected chi connectivity index (χ3v) is 3.35. The topological polar surface area (TPSA) is 61.4 Å². The lowest BCUT2D eigenvalue weighted by Crippen LogP contribution is -2.47. The van der Waals surface area contributed by atoms with Crippen molar-refractivity contribution in [2.24, 2.45) is 0 Å². The molecular formula is C16H26N2O2. The highest BCUT2D eigenvalue weighted by molar-refractivity contribution is 5.74. The Morgan fingerprint density at radius 2 is 1.80 bits per heavy atom. The van der Waals surface area contributed by atoms with Crippen LogP contribution in [0.3, 0.4) is 0 Å². The van der Waals surface area contributed by atoms with Gasteiger partial charge in [0.1, 0.15) is 0 Å². The molecule has 1 rings (SSSR count). The lowest BCUT2D eigenvalue weighted by molar-refractivity contribution is 0.211. The molecule has 3 N–H and O–H groups in total. The van der Waals surface area contributed by atoms with Crippen LogP contribution in [-0.2, 0) is 6.42 Å². The van der Waals surface area contributed by atoms with Crippen LogP contribution in [0.5, 0.6) is 0 Å². The summed E-state index contributed by atoms with van der Waals surface area (Å²) in [6.45, 7) is 4.02. The number of urea groups is 1. The van der Waals surface area contributed by atoms with E-state index >= 15 is 0 Å². The molecule has 0 aliphatic carbocycles. The van der Waals surface area contributed by atoms with E-state index in [2.05, 4.69) is 29.7 Å². The third kappa shape index (κ3) is 6.06. The molecule has 0 fully saturated rings. The summed E-state index contributed by atoms with van der Waals surface area (Å²) in [5, 5.41) is 14.9. The molecule has 0 saturated carbocycles. The Morgan fingerprint density at radius 1 is 1.15 bits per heavy atom. The fourth-order valence-electron chi connectivity index (χ4n) is 2.16. The van der Waals surface area contributed by atoms with Gasteiger partial charge < -0.3 is 15.7 Å². The highest BCUT2D eigenvalue weighted by Crippen LogP contribution is 2.07. The van der Waals surface area contributed by atoms with Gasteiger partial charge in [0.2, 0.25) is 0 Å². The van der Waals surface area contributed by atoms with E-state index in [0.29, 0.717) is 0 Å². The zero-order chi connectivity index (χ0) is 14.8. The quantitative estimate of drug-likeness (QED) is 0.684. The molecule has 2 amide bonds. The first-order valence-electron chi connectivity index (χ1n) is 7.41. The van der Waals surface area contributed by atoms with Crippen molar-refractivity contribution in [3.8, 4) is 0 Å². The number of hydrogen-bond acceptors (Lipinski definition) is 2. The molecule has 0 aliphatic heterocycles. The Kier molecular flexibility index (Phi) is 7.73. The molecule has 1 aromatic rings. The number of benzene rings is 1. The van der Waals surface area contributed by atoms with Crippen LogP contribution in [0.1, 0.15) is 38.7 Å². The van der Waals surface area contributed by atoms with Gasteiger partial charge in [0.15, 0.2) is 0 Å². The highest BCUT2D eigenvalue weighted by Gasteiger charge is 2.14. The molecule has 0 saturated heterocycles. The Balaban J connectivity index is 2.51. The number of aliphatic hydroxyl groups is 1. The van der Waals surface area contributed by atoms with Gasteiger partial charge in [-0.25, -0.2) is 4.79 Å². The van der Waals surface area contributed by atoms with Gasteiger partial charge in [-0.15, -0.1) is 0 Å². The van der Waals surface area contributed by atoms with Crippen molar-refractivity contribution in [1.82, 2.24) is 10.6 Å². The molecule has 0 aliphatic rings. The van der Waals surface area contributed by atoms with Gasteiger partial charge >= 0.3 is 6.03 Å². The maximum absolute atomic E-state index is 11.9. The minimum absolute atomic E-state index is 0.0267. The van der Waals surface area contributed by atoms with Crippen LogP contribution in [-0.4, -0.2) is 29.8 Å². The number of amides is 2. The summed E-state index contributed by atoms with van der Waals surface area (Å²) in [5.41, 5.74) is 1.22. The number of carbonyl (C=O) groups excluding carboxylic acids is 1. The van der Waals surface area contributed by atoms with Crippen LogP contribution in [0, 0.1) is 0 Å². The van der Waals surface area contributed by atoms with Gasteiger partial charge in [0.05, 0.1) is 12.6 Å². The van der Waals surface area contributed by atoms with Gasteiger partial charge in [0.25, 0.3) is 0 Å². The monoisotopic (exact) mass is 278 g/mol. The van der Waals surface area contributed by atoms with E-state index in [1.807, 2.05) is 25.1 Å². The number of carbonyl (C=O) groups is 1. The summed E-state index contributed by atoms with van der Waals surface area (Å²) >= 11 is 0. The molecule has 0 heterocycles. The van der Waals surface area contributed by atoms with Crippen LogP contribution in [0.25, 0.3) is 0 Å². The van der Waals surface area contributed by atoms with E-state index in [4.69, 9.17) is 5.11 Å². The Morgan fingerprint density at radius 3 is 2.35 bits per heavy atom. The van der Waals surface area contributed by atoms with E-state index in [-0.39, 0.29) is 24.7 Å². The summed E-state index contributed by atoms with van der Waals surface area (Å²) in [5.74, 6) is 0. The minimum Gasteiger partial charge on any atom is -0.394 e. The largest absolute Gasteiger partial charge is 0.394 e. The molecule has 20 heavy (non-hydrogen) atoms. The van der Waals surface area contributed by atoms with Crippen molar-refractivity contribution in [1.29, 1.82) is 0 Å². The third-order valence-electron chi connectivity index (χ3n) is 3.35. The lowest BCUT2D eigenvalue weighted by Gasteiger charge is -2.21. The zero-order valence-electron chi connectivity index (χ0n) is 12.4. The number of rotatable bonds is 8. The van der Waals surface area contributed by atoms with Crippen molar-refractivity contribution >= 4 is 6.03 Å². The molecule has 0 spiro atoms. The Hall–Kier alpha value is -1.55. The van der Waals surface area contributed by atoms with Crippen LogP contribution >= 0.6 is 0 Å². The van der Waals surface area contributed by atoms with Crippen molar-refractivity contribution in [3.05, 3.63) is 35.9 Å². The average molecular weight is 278 g/mol. The summed E-state index contributed by atoms with van der Waals surface area (Å²) in [6.07, 6.45) is 3.52. The first-order chi connectivity index (χ1) is 9.69. The van der Waals surface area contributed by atoms with E-state index in [9.17, 15) is 4.79 Å². The molecular weight excluding hydrogens is 252 g/mol. The van der Waals surface area contributed by atoms with Crippen molar-refractivity contribution < 1.29 is 9.90 Å². The summed E-state index contributed by atoms with van der Waals surface area (Å²) < 4.78 is 0. The molecule has 0 radical (unpaired) electrons. The highest BCUT2D eigenvalue weighted by atomic mass is 16.3. The number of aliphatic hydroxyl groups excluding tert-OH is 1. The van der Waals surface area contributed by atoms with Crippen LogP contribution in [0.15, 0.2) is 30.3 Å². The Labute approximate surface area is 121 Å². The smallest absolute Gasteiger partial charge is 0.315 e. The predicted octanol–water partition coefficient (Wildman–Crippen LogP) is 2.47. The van der Waals surface area contributed by atoms with E-state index < -0.39 is 0 Å². The number of hydrogen-bond donors (Lipinski definition) is 3. The standard InChI is InChI=1S/C16H26N2O2/c1-3-8-15(11-13-9-6-5-7-10-13)18-16(20)17-14(4-2)12-19/h5-7,9-10,14-15,19H,3-4,8,11-12H2,1-2H3,(H2,17,18,20). The summed E-state index contributed by atoms with van der Waals surface area (Å²) in [4.78, 5) is 11.9. The SMILES string of the molecule is CCCC(Cc1ccccc1)NC(=O)NC(CC)CO. The Bertz CT molecular complexity index is 377.